The first kappa shape index (κ1) is 17.9. The fourth-order valence-corrected chi connectivity index (χ4v) is 1.69. The number of rotatable bonds is 13. The summed E-state index contributed by atoms with van der Waals surface area (Å²) in [5.74, 6) is -0.307. The van der Waals surface area contributed by atoms with Gasteiger partial charge in [-0.05, 0) is 6.42 Å². The Kier molecular flexibility index (Phi) is 12.6. The van der Waals surface area contributed by atoms with Gasteiger partial charge in [0.1, 0.15) is 19.3 Å². The van der Waals surface area contributed by atoms with E-state index in [4.69, 9.17) is 4.74 Å². The van der Waals surface area contributed by atoms with Crippen LogP contribution in [0.4, 0.5) is 0 Å². The van der Waals surface area contributed by atoms with Gasteiger partial charge in [-0.25, -0.2) is 0 Å². The van der Waals surface area contributed by atoms with Gasteiger partial charge in [-0.1, -0.05) is 45.4 Å². The summed E-state index contributed by atoms with van der Waals surface area (Å²) in [6.07, 6.45) is 7.47. The third-order valence-electron chi connectivity index (χ3n) is 2.78. The van der Waals surface area contributed by atoms with E-state index >= 15 is 0 Å². The molecule has 0 heterocycles. The van der Waals surface area contributed by atoms with Gasteiger partial charge in [-0.2, -0.15) is 0 Å². The van der Waals surface area contributed by atoms with Crippen molar-refractivity contribution in [2.24, 2.45) is 0 Å². The second-order valence-corrected chi connectivity index (χ2v) is 4.64. The first-order valence-corrected chi connectivity index (χ1v) is 7.09. The van der Waals surface area contributed by atoms with Crippen molar-refractivity contribution in [2.75, 3.05) is 13.2 Å². The molecule has 5 heteroatoms. The van der Waals surface area contributed by atoms with E-state index in [1.54, 1.807) is 0 Å². The van der Waals surface area contributed by atoms with Crippen LogP contribution in [0, 0.1) is 0 Å². The van der Waals surface area contributed by atoms with Gasteiger partial charge in [-0.15, -0.1) is 0 Å². The van der Waals surface area contributed by atoms with Crippen LogP contribution in [0.2, 0.25) is 0 Å². The SMILES string of the molecule is CCCCCCCCCC(=O)OCC(O)COC=O. The average Bonchev–Trinajstić information content (AvgIpc) is 2.41. The van der Waals surface area contributed by atoms with Crippen molar-refractivity contribution in [3.8, 4) is 0 Å². The van der Waals surface area contributed by atoms with Crippen molar-refractivity contribution in [1.29, 1.82) is 0 Å². The number of aliphatic hydroxyl groups is 1. The van der Waals surface area contributed by atoms with Gasteiger partial charge in [0.2, 0.25) is 0 Å². The summed E-state index contributed by atoms with van der Waals surface area (Å²) in [6.45, 7) is 2.17. The third kappa shape index (κ3) is 13.1. The van der Waals surface area contributed by atoms with Gasteiger partial charge in [-0.3, -0.25) is 9.59 Å². The molecule has 0 radical (unpaired) electrons. The molecule has 0 aromatic heterocycles. The van der Waals surface area contributed by atoms with E-state index in [1.807, 2.05) is 0 Å². The molecule has 0 rings (SSSR count). The highest BCUT2D eigenvalue weighted by molar-refractivity contribution is 5.69. The average molecular weight is 274 g/mol. The van der Waals surface area contributed by atoms with E-state index in [-0.39, 0.29) is 25.7 Å². The van der Waals surface area contributed by atoms with Crippen LogP contribution >= 0.6 is 0 Å². The molecule has 0 aromatic rings. The van der Waals surface area contributed by atoms with Crippen molar-refractivity contribution >= 4 is 12.4 Å². The summed E-state index contributed by atoms with van der Waals surface area (Å²) < 4.78 is 9.21. The van der Waals surface area contributed by atoms with Crippen LogP contribution in [-0.4, -0.2) is 36.9 Å². The molecule has 0 saturated heterocycles. The zero-order chi connectivity index (χ0) is 14.3. The lowest BCUT2D eigenvalue weighted by Gasteiger charge is -2.09. The number of carbonyl (C=O) groups excluding carboxylic acids is 2. The van der Waals surface area contributed by atoms with Crippen LogP contribution in [-0.2, 0) is 19.1 Å². The van der Waals surface area contributed by atoms with Gasteiger partial charge >= 0.3 is 5.97 Å². The van der Waals surface area contributed by atoms with Gasteiger partial charge in [0, 0.05) is 6.42 Å². The minimum absolute atomic E-state index is 0.122. The second kappa shape index (κ2) is 13.3. The Hall–Kier alpha value is -1.10. The van der Waals surface area contributed by atoms with E-state index in [1.165, 1.54) is 25.7 Å². The van der Waals surface area contributed by atoms with Crippen LogP contribution in [0.1, 0.15) is 58.3 Å². The number of carbonyl (C=O) groups is 2. The Morgan fingerprint density at radius 1 is 1.11 bits per heavy atom. The van der Waals surface area contributed by atoms with Crippen molar-refractivity contribution < 1.29 is 24.2 Å². The van der Waals surface area contributed by atoms with Crippen molar-refractivity contribution in [3.63, 3.8) is 0 Å². The van der Waals surface area contributed by atoms with Crippen LogP contribution in [0.5, 0.6) is 0 Å². The summed E-state index contributed by atoms with van der Waals surface area (Å²) in [7, 11) is 0. The lowest BCUT2D eigenvalue weighted by Crippen LogP contribution is -2.23. The molecule has 0 fully saturated rings. The van der Waals surface area contributed by atoms with E-state index in [0.717, 1.165) is 19.3 Å². The van der Waals surface area contributed by atoms with E-state index in [0.29, 0.717) is 6.42 Å². The summed E-state index contributed by atoms with van der Waals surface area (Å²) >= 11 is 0. The Bertz CT molecular complexity index is 230. The first-order chi connectivity index (χ1) is 9.20. The fraction of sp³-hybridized carbons (Fsp3) is 0.857. The lowest BCUT2D eigenvalue weighted by molar-refractivity contribution is -0.148. The topological polar surface area (TPSA) is 72.8 Å². The molecule has 1 unspecified atom stereocenters. The highest BCUT2D eigenvalue weighted by atomic mass is 16.6. The van der Waals surface area contributed by atoms with E-state index in [9.17, 15) is 14.7 Å². The predicted molar refractivity (Wildman–Crippen MR) is 71.6 cm³/mol. The van der Waals surface area contributed by atoms with Crippen molar-refractivity contribution in [2.45, 2.75) is 64.4 Å². The molecule has 1 atom stereocenters. The number of hydrogen-bond acceptors (Lipinski definition) is 5. The normalized spacial score (nSPS) is 11.9. The number of esters is 1. The maximum atomic E-state index is 11.3. The largest absolute Gasteiger partial charge is 0.465 e. The third-order valence-corrected chi connectivity index (χ3v) is 2.78. The van der Waals surface area contributed by atoms with Crippen LogP contribution < -0.4 is 0 Å². The summed E-state index contributed by atoms with van der Waals surface area (Å²) in [5, 5.41) is 9.26. The number of unbranched alkanes of at least 4 members (excludes halogenated alkanes) is 6. The number of ether oxygens (including phenoxy) is 2. The Morgan fingerprint density at radius 2 is 1.74 bits per heavy atom. The highest BCUT2D eigenvalue weighted by Gasteiger charge is 2.08. The molecule has 0 aromatic carbocycles. The van der Waals surface area contributed by atoms with Gasteiger partial charge in [0.25, 0.3) is 6.47 Å². The lowest BCUT2D eigenvalue weighted by atomic mass is 10.1. The van der Waals surface area contributed by atoms with E-state index in [2.05, 4.69) is 11.7 Å². The van der Waals surface area contributed by atoms with Gasteiger partial charge in [0.05, 0.1) is 0 Å². The molecular weight excluding hydrogens is 248 g/mol. The molecule has 0 amide bonds. The second-order valence-electron chi connectivity index (χ2n) is 4.64. The minimum atomic E-state index is -0.941. The molecule has 0 bridgehead atoms. The van der Waals surface area contributed by atoms with Crippen LogP contribution in [0.3, 0.4) is 0 Å². The molecule has 0 aliphatic carbocycles. The Balaban J connectivity index is 3.32. The quantitative estimate of drug-likeness (QED) is 0.317. The standard InChI is InChI=1S/C14H26O5/c1-2-3-4-5-6-7-8-9-14(17)19-11-13(16)10-18-12-15/h12-13,16H,2-11H2,1H3. The first-order valence-electron chi connectivity index (χ1n) is 7.09. The number of hydrogen-bond donors (Lipinski definition) is 1. The Morgan fingerprint density at radius 3 is 2.37 bits per heavy atom. The van der Waals surface area contributed by atoms with Crippen molar-refractivity contribution in [3.05, 3.63) is 0 Å². The molecule has 1 N–H and O–H groups in total. The summed E-state index contributed by atoms with van der Waals surface area (Å²) in [6, 6.07) is 0. The monoisotopic (exact) mass is 274 g/mol. The van der Waals surface area contributed by atoms with E-state index < -0.39 is 6.10 Å². The van der Waals surface area contributed by atoms with Crippen molar-refractivity contribution in [1.82, 2.24) is 0 Å². The predicted octanol–water partition coefficient (Wildman–Crippen LogP) is 2.20. The molecule has 5 nitrogen and oxygen atoms in total. The summed E-state index contributed by atoms with van der Waals surface area (Å²) in [4.78, 5) is 21.2. The molecule has 0 spiro atoms. The van der Waals surface area contributed by atoms with Crippen LogP contribution in [0.25, 0.3) is 0 Å². The maximum absolute atomic E-state index is 11.3. The molecule has 19 heavy (non-hydrogen) atoms. The minimum Gasteiger partial charge on any atom is -0.465 e. The summed E-state index contributed by atoms with van der Waals surface area (Å²) in [5.41, 5.74) is 0. The number of aliphatic hydroxyl groups excluding tert-OH is 1. The molecule has 0 aliphatic heterocycles. The molecule has 0 aliphatic rings. The van der Waals surface area contributed by atoms with Crippen LogP contribution in [0.15, 0.2) is 0 Å². The fourth-order valence-electron chi connectivity index (χ4n) is 1.69. The zero-order valence-electron chi connectivity index (χ0n) is 11.8. The molecule has 0 saturated carbocycles. The Labute approximate surface area is 115 Å². The highest BCUT2D eigenvalue weighted by Crippen LogP contribution is 2.08. The zero-order valence-corrected chi connectivity index (χ0v) is 11.8. The van der Waals surface area contributed by atoms with Gasteiger partial charge in [0.15, 0.2) is 0 Å². The van der Waals surface area contributed by atoms with Gasteiger partial charge < -0.3 is 14.6 Å². The maximum Gasteiger partial charge on any atom is 0.305 e. The molecule has 112 valence electrons. The smallest absolute Gasteiger partial charge is 0.305 e. The molecular formula is C14H26O5.